The van der Waals surface area contributed by atoms with E-state index in [9.17, 15) is 18.0 Å². The van der Waals surface area contributed by atoms with Gasteiger partial charge in [0.05, 0.1) is 17.5 Å². The number of ether oxygens (including phenoxy) is 1. The van der Waals surface area contributed by atoms with Gasteiger partial charge in [-0.05, 0) is 39.8 Å². The van der Waals surface area contributed by atoms with Crippen molar-refractivity contribution in [2.75, 3.05) is 23.0 Å². The minimum atomic E-state index is -3.11. The maximum absolute atomic E-state index is 12.4. The van der Waals surface area contributed by atoms with Crippen molar-refractivity contribution < 1.29 is 22.7 Å². The first-order valence-electron chi connectivity index (χ1n) is 9.75. The van der Waals surface area contributed by atoms with Gasteiger partial charge in [0.2, 0.25) is 5.91 Å². The van der Waals surface area contributed by atoms with Crippen LogP contribution in [0.5, 0.6) is 0 Å². The molecule has 0 aromatic heterocycles. The molecule has 2 heterocycles. The highest BCUT2D eigenvalue weighted by Crippen LogP contribution is 2.41. The second-order valence-electron chi connectivity index (χ2n) is 8.47. The summed E-state index contributed by atoms with van der Waals surface area (Å²) < 4.78 is 29.4. The van der Waals surface area contributed by atoms with Gasteiger partial charge in [-0.25, -0.2) is 13.2 Å². The number of anilines is 1. The molecule has 0 saturated carbocycles. The highest BCUT2D eigenvalue weighted by atomic mass is 32.2. The number of sulfone groups is 1. The number of nitrogens with one attached hydrogen (secondary N) is 1. The van der Waals surface area contributed by atoms with Gasteiger partial charge >= 0.3 is 6.09 Å². The van der Waals surface area contributed by atoms with Crippen molar-refractivity contribution in [3.63, 3.8) is 0 Å². The third kappa shape index (κ3) is 5.75. The average molecular weight is 454 g/mol. The molecule has 2 fully saturated rings. The lowest BCUT2D eigenvalue weighted by Gasteiger charge is -2.24. The minimum Gasteiger partial charge on any atom is -0.444 e. The van der Waals surface area contributed by atoms with Crippen LogP contribution in [0.3, 0.4) is 0 Å². The summed E-state index contributed by atoms with van der Waals surface area (Å²) in [6.45, 7) is 7.37. The molecule has 0 aliphatic carbocycles. The Labute approximate surface area is 181 Å². The summed E-state index contributed by atoms with van der Waals surface area (Å²) >= 11 is 1.33. The van der Waals surface area contributed by atoms with E-state index in [-0.39, 0.29) is 41.7 Å². The normalized spacial score (nSPS) is 24.0. The van der Waals surface area contributed by atoms with Crippen molar-refractivity contribution in [3.8, 4) is 0 Å². The summed E-state index contributed by atoms with van der Waals surface area (Å²) in [6, 6.07) is 7.47. The number of nitrogens with zero attached hydrogens (tertiary/aromatic N) is 2. The molecular formula is C20H27N3O5S2. The number of amidine groups is 1. The first kappa shape index (κ1) is 22.6. The summed E-state index contributed by atoms with van der Waals surface area (Å²) in [5.41, 5.74) is 1.29. The van der Waals surface area contributed by atoms with Gasteiger partial charge in [0.25, 0.3) is 0 Å². The van der Waals surface area contributed by atoms with Gasteiger partial charge in [-0.1, -0.05) is 29.5 Å². The van der Waals surface area contributed by atoms with E-state index < -0.39 is 21.5 Å². The zero-order chi connectivity index (χ0) is 22.1. The third-order valence-corrected chi connectivity index (χ3v) is 7.82. The molecule has 3 rings (SSSR count). The molecule has 8 nitrogen and oxygen atoms in total. The molecule has 30 heavy (non-hydrogen) atoms. The van der Waals surface area contributed by atoms with Gasteiger partial charge in [0.15, 0.2) is 15.0 Å². The van der Waals surface area contributed by atoms with Gasteiger partial charge in [-0.3, -0.25) is 4.79 Å². The van der Waals surface area contributed by atoms with Crippen molar-refractivity contribution in [2.24, 2.45) is 4.99 Å². The maximum atomic E-state index is 12.4. The number of carbonyl (C=O) groups is 2. The Kier molecular flexibility index (Phi) is 6.47. The van der Waals surface area contributed by atoms with Crippen LogP contribution in [-0.2, 0) is 19.4 Å². The highest BCUT2D eigenvalue weighted by Gasteiger charge is 2.49. The average Bonchev–Trinajstić information content (AvgIpc) is 3.05. The molecule has 0 spiro atoms. The van der Waals surface area contributed by atoms with Gasteiger partial charge < -0.3 is 15.0 Å². The predicted molar refractivity (Wildman–Crippen MR) is 119 cm³/mol. The van der Waals surface area contributed by atoms with E-state index in [2.05, 4.69) is 10.3 Å². The minimum absolute atomic E-state index is 0.0265. The number of thioether (sulfide) groups is 1. The molecule has 2 aliphatic rings. The number of benzene rings is 1. The largest absolute Gasteiger partial charge is 0.444 e. The first-order chi connectivity index (χ1) is 13.9. The first-order valence-corrected chi connectivity index (χ1v) is 12.4. The Morgan fingerprint density at radius 1 is 1.23 bits per heavy atom. The van der Waals surface area contributed by atoms with Gasteiger partial charge in [0, 0.05) is 23.9 Å². The van der Waals surface area contributed by atoms with Crippen molar-refractivity contribution in [2.45, 2.75) is 51.0 Å². The smallest absolute Gasteiger partial charge is 0.407 e. The number of fused-ring (bicyclic) bond motifs is 1. The predicted octanol–water partition coefficient (Wildman–Crippen LogP) is 2.51. The number of aliphatic imine (C=N–C) groups is 1. The topological polar surface area (TPSA) is 105 Å². The Bertz CT molecular complexity index is 952. The number of rotatable bonds is 4. The quantitative estimate of drug-likeness (QED) is 0.747. The van der Waals surface area contributed by atoms with E-state index in [4.69, 9.17) is 4.74 Å². The standard InChI is InChI=1S/C20H27N3O5S2/c1-13-5-7-14(8-6-13)23-15-11-30(26,27)12-16(15)29-18(23)22-17(24)9-10-21-19(25)28-20(2,3)4/h5-8,15-16H,9-12H2,1-4H3,(H,21,25)/t15-,16-/m0/s1. The lowest BCUT2D eigenvalue weighted by Crippen LogP contribution is -2.37. The van der Waals surface area contributed by atoms with Crippen LogP contribution < -0.4 is 10.2 Å². The van der Waals surface area contributed by atoms with Crippen molar-refractivity contribution in [1.29, 1.82) is 0 Å². The number of aryl methyl sites for hydroxylation is 1. The summed E-state index contributed by atoms with van der Waals surface area (Å²) in [4.78, 5) is 30.2. The molecule has 2 saturated heterocycles. The van der Waals surface area contributed by atoms with Crippen LogP contribution in [0.25, 0.3) is 0 Å². The second kappa shape index (κ2) is 8.58. The fourth-order valence-corrected chi connectivity index (χ4v) is 7.25. The molecule has 1 aromatic carbocycles. The van der Waals surface area contributed by atoms with Crippen molar-refractivity contribution in [3.05, 3.63) is 29.8 Å². The number of alkyl carbamates (subject to hydrolysis) is 1. The van der Waals surface area contributed by atoms with Crippen LogP contribution in [-0.4, -0.2) is 60.5 Å². The van der Waals surface area contributed by atoms with E-state index in [0.717, 1.165) is 11.3 Å². The Morgan fingerprint density at radius 2 is 1.90 bits per heavy atom. The molecule has 0 bridgehead atoms. The van der Waals surface area contributed by atoms with Crippen molar-refractivity contribution >= 4 is 44.5 Å². The van der Waals surface area contributed by atoms with Gasteiger partial charge in [-0.2, -0.15) is 4.99 Å². The van der Waals surface area contributed by atoms with Crippen molar-refractivity contribution in [1.82, 2.24) is 5.32 Å². The zero-order valence-corrected chi connectivity index (χ0v) is 19.2. The molecule has 10 heteroatoms. The summed E-state index contributed by atoms with van der Waals surface area (Å²) in [5, 5.41) is 2.90. The second-order valence-corrected chi connectivity index (χ2v) is 11.8. The molecule has 0 radical (unpaired) electrons. The van der Waals surface area contributed by atoms with Crippen LogP contribution >= 0.6 is 11.8 Å². The van der Waals surface area contributed by atoms with Crippen LogP contribution in [0.15, 0.2) is 29.3 Å². The number of carbonyl (C=O) groups excluding carboxylic acids is 2. The highest BCUT2D eigenvalue weighted by molar-refractivity contribution is 8.16. The monoisotopic (exact) mass is 453 g/mol. The zero-order valence-electron chi connectivity index (χ0n) is 17.5. The Morgan fingerprint density at radius 3 is 2.53 bits per heavy atom. The lowest BCUT2D eigenvalue weighted by atomic mass is 10.1. The Hall–Kier alpha value is -2.07. The SMILES string of the molecule is Cc1ccc(N2C(=NC(=O)CCNC(=O)OC(C)(C)C)S[C@H]3CS(=O)(=O)C[C@@H]32)cc1. The van der Waals surface area contributed by atoms with E-state index >= 15 is 0 Å². The van der Waals surface area contributed by atoms with Crippen LogP contribution in [0.1, 0.15) is 32.8 Å². The summed E-state index contributed by atoms with van der Waals surface area (Å²) in [5.74, 6) is -0.252. The van der Waals surface area contributed by atoms with Crippen LogP contribution in [0.2, 0.25) is 0 Å². The number of amides is 2. The maximum Gasteiger partial charge on any atom is 0.407 e. The fraction of sp³-hybridized carbons (Fsp3) is 0.550. The molecule has 164 valence electrons. The molecule has 2 aliphatic heterocycles. The van der Waals surface area contributed by atoms with Gasteiger partial charge in [0.1, 0.15) is 5.60 Å². The molecule has 2 atom stereocenters. The van der Waals surface area contributed by atoms with Gasteiger partial charge in [-0.15, -0.1) is 0 Å². The third-order valence-electron chi connectivity index (χ3n) is 4.61. The van der Waals surface area contributed by atoms with Crippen LogP contribution in [0.4, 0.5) is 10.5 Å². The Balaban J connectivity index is 1.70. The molecule has 1 N–H and O–H groups in total. The molecule has 2 amide bonds. The van der Waals surface area contributed by atoms with E-state index in [1.54, 1.807) is 20.8 Å². The lowest BCUT2D eigenvalue weighted by molar-refractivity contribution is -0.117. The summed E-state index contributed by atoms with van der Waals surface area (Å²) in [6.07, 6.45) is -0.558. The van der Waals surface area contributed by atoms with E-state index in [0.29, 0.717) is 5.17 Å². The number of hydrogen-bond acceptors (Lipinski definition) is 6. The summed E-state index contributed by atoms with van der Waals surface area (Å²) in [7, 11) is -3.11. The number of hydrogen-bond donors (Lipinski definition) is 1. The van der Waals surface area contributed by atoms with E-state index in [1.807, 2.05) is 36.1 Å². The molecule has 0 unspecified atom stereocenters. The van der Waals surface area contributed by atoms with E-state index in [1.165, 1.54) is 11.8 Å². The molecule has 1 aromatic rings. The molecular weight excluding hydrogens is 426 g/mol. The van der Waals surface area contributed by atoms with Crippen LogP contribution in [0, 0.1) is 6.92 Å². The fourth-order valence-electron chi connectivity index (χ4n) is 3.32.